The van der Waals surface area contributed by atoms with Crippen molar-refractivity contribution < 1.29 is 22.8 Å². The molecule has 1 aromatic carbocycles. The summed E-state index contributed by atoms with van der Waals surface area (Å²) in [7, 11) is 0. The maximum Gasteiger partial charge on any atom is 0.416 e. The van der Waals surface area contributed by atoms with Gasteiger partial charge in [0.25, 0.3) is 0 Å². The first-order chi connectivity index (χ1) is 11.8. The SMILES string of the molecule is C=CCNC(=O)C1CCC(C(=O)Nc2ccc(C(F)(F)F)cc2)CC1. The van der Waals surface area contributed by atoms with Gasteiger partial charge in [-0.3, -0.25) is 9.59 Å². The van der Waals surface area contributed by atoms with Crippen molar-refractivity contribution >= 4 is 17.5 Å². The first kappa shape index (κ1) is 19.0. The Bertz CT molecular complexity index is 618. The number of amides is 2. The quantitative estimate of drug-likeness (QED) is 0.791. The molecule has 1 aliphatic carbocycles. The number of halogens is 3. The minimum Gasteiger partial charge on any atom is -0.352 e. The highest BCUT2D eigenvalue weighted by Crippen LogP contribution is 2.31. The molecule has 0 aromatic heterocycles. The molecule has 136 valence electrons. The number of carbonyl (C=O) groups excluding carboxylic acids is 2. The van der Waals surface area contributed by atoms with Crippen molar-refractivity contribution in [2.45, 2.75) is 31.9 Å². The highest BCUT2D eigenvalue weighted by Gasteiger charge is 2.31. The summed E-state index contributed by atoms with van der Waals surface area (Å²) in [5, 5.41) is 5.40. The summed E-state index contributed by atoms with van der Waals surface area (Å²) in [6, 6.07) is 4.37. The molecule has 0 aliphatic heterocycles. The summed E-state index contributed by atoms with van der Waals surface area (Å²) >= 11 is 0. The predicted octanol–water partition coefficient (Wildman–Crippen LogP) is 3.75. The van der Waals surface area contributed by atoms with Crippen molar-refractivity contribution in [1.29, 1.82) is 0 Å². The van der Waals surface area contributed by atoms with E-state index in [0.717, 1.165) is 12.1 Å². The zero-order valence-electron chi connectivity index (χ0n) is 13.7. The van der Waals surface area contributed by atoms with Crippen molar-refractivity contribution in [1.82, 2.24) is 5.32 Å². The zero-order valence-corrected chi connectivity index (χ0v) is 13.7. The summed E-state index contributed by atoms with van der Waals surface area (Å²) < 4.78 is 37.6. The van der Waals surface area contributed by atoms with Crippen LogP contribution in [0.1, 0.15) is 31.2 Å². The molecule has 0 saturated heterocycles. The normalized spacial score (nSPS) is 20.6. The number of hydrogen-bond donors (Lipinski definition) is 2. The molecule has 7 heteroatoms. The van der Waals surface area contributed by atoms with Crippen LogP contribution in [-0.2, 0) is 15.8 Å². The molecule has 0 atom stereocenters. The van der Waals surface area contributed by atoms with E-state index >= 15 is 0 Å². The van der Waals surface area contributed by atoms with E-state index in [9.17, 15) is 22.8 Å². The molecule has 0 spiro atoms. The van der Waals surface area contributed by atoms with E-state index in [2.05, 4.69) is 17.2 Å². The first-order valence-corrected chi connectivity index (χ1v) is 8.18. The van der Waals surface area contributed by atoms with Crippen LogP contribution in [0.4, 0.5) is 18.9 Å². The van der Waals surface area contributed by atoms with Gasteiger partial charge in [-0.25, -0.2) is 0 Å². The van der Waals surface area contributed by atoms with Gasteiger partial charge in [-0.15, -0.1) is 6.58 Å². The monoisotopic (exact) mass is 354 g/mol. The van der Waals surface area contributed by atoms with Gasteiger partial charge in [0.2, 0.25) is 11.8 Å². The number of benzene rings is 1. The van der Waals surface area contributed by atoms with Gasteiger partial charge in [-0.2, -0.15) is 13.2 Å². The van der Waals surface area contributed by atoms with Crippen molar-refractivity contribution in [3.05, 3.63) is 42.5 Å². The first-order valence-electron chi connectivity index (χ1n) is 8.18. The van der Waals surface area contributed by atoms with Crippen molar-refractivity contribution in [2.24, 2.45) is 11.8 Å². The molecule has 4 nitrogen and oxygen atoms in total. The van der Waals surface area contributed by atoms with Gasteiger partial charge in [0.15, 0.2) is 0 Å². The number of alkyl halides is 3. The Balaban J connectivity index is 1.84. The molecular formula is C18H21F3N2O2. The number of anilines is 1. The third-order valence-electron chi connectivity index (χ3n) is 4.37. The highest BCUT2D eigenvalue weighted by molar-refractivity contribution is 5.92. The van der Waals surface area contributed by atoms with Crippen LogP contribution in [0.3, 0.4) is 0 Å². The minimum atomic E-state index is -4.40. The van der Waals surface area contributed by atoms with Crippen molar-refractivity contribution in [2.75, 3.05) is 11.9 Å². The Hall–Kier alpha value is -2.31. The van der Waals surface area contributed by atoms with E-state index < -0.39 is 11.7 Å². The maximum absolute atomic E-state index is 12.5. The molecule has 1 fully saturated rings. The summed E-state index contributed by atoms with van der Waals surface area (Å²) in [6.07, 6.45) is -0.381. The van der Waals surface area contributed by atoms with Gasteiger partial charge in [-0.1, -0.05) is 6.08 Å². The smallest absolute Gasteiger partial charge is 0.352 e. The van der Waals surface area contributed by atoms with E-state index in [4.69, 9.17) is 0 Å². The molecule has 1 aromatic rings. The third-order valence-corrected chi connectivity index (χ3v) is 4.37. The molecule has 2 N–H and O–H groups in total. The van der Waals surface area contributed by atoms with Crippen LogP contribution in [0, 0.1) is 11.8 Å². The van der Waals surface area contributed by atoms with Crippen LogP contribution in [-0.4, -0.2) is 18.4 Å². The van der Waals surface area contributed by atoms with Gasteiger partial charge in [0.1, 0.15) is 0 Å². The predicted molar refractivity (Wildman–Crippen MR) is 88.7 cm³/mol. The van der Waals surface area contributed by atoms with Crippen LogP contribution < -0.4 is 10.6 Å². The largest absolute Gasteiger partial charge is 0.416 e. The van der Waals surface area contributed by atoms with Crippen molar-refractivity contribution in [3.63, 3.8) is 0 Å². The minimum absolute atomic E-state index is 0.0264. The standard InChI is InChI=1S/C18H21F3N2O2/c1-2-11-22-16(24)12-3-5-13(6-4-12)17(25)23-15-9-7-14(8-10-15)18(19,20)21/h2,7-10,12-13H,1,3-6,11H2,(H,22,24)(H,23,25). The van der Waals surface area contributed by atoms with Gasteiger partial charge in [-0.05, 0) is 49.9 Å². The summed E-state index contributed by atoms with van der Waals surface area (Å²) in [5.74, 6) is -0.577. The van der Waals surface area contributed by atoms with Gasteiger partial charge >= 0.3 is 6.18 Å². The summed E-state index contributed by atoms with van der Waals surface area (Å²) in [5.41, 5.74) is -0.416. The Kier molecular flexibility index (Phi) is 6.22. The number of carbonyl (C=O) groups is 2. The Morgan fingerprint density at radius 3 is 2.04 bits per heavy atom. The molecular weight excluding hydrogens is 333 g/mol. The number of hydrogen-bond acceptors (Lipinski definition) is 2. The topological polar surface area (TPSA) is 58.2 Å². The zero-order chi connectivity index (χ0) is 18.4. The van der Waals surface area contributed by atoms with E-state index in [1.165, 1.54) is 12.1 Å². The summed E-state index contributed by atoms with van der Waals surface area (Å²) in [6.45, 7) is 3.97. The van der Waals surface area contributed by atoms with Gasteiger partial charge < -0.3 is 10.6 Å². The lowest BCUT2D eigenvalue weighted by Gasteiger charge is -2.27. The van der Waals surface area contributed by atoms with E-state index in [1.807, 2.05) is 0 Å². The molecule has 0 unspecified atom stereocenters. The number of rotatable bonds is 5. The fourth-order valence-electron chi connectivity index (χ4n) is 2.92. The lowest BCUT2D eigenvalue weighted by Crippen LogP contribution is -2.35. The second-order valence-electron chi connectivity index (χ2n) is 6.15. The molecule has 2 rings (SSSR count). The second kappa shape index (κ2) is 8.18. The van der Waals surface area contributed by atoms with Crippen LogP contribution in [0.15, 0.2) is 36.9 Å². The fraction of sp³-hybridized carbons (Fsp3) is 0.444. The lowest BCUT2D eigenvalue weighted by molar-refractivity contribution is -0.137. The van der Waals surface area contributed by atoms with Crippen LogP contribution in [0.25, 0.3) is 0 Å². The lowest BCUT2D eigenvalue weighted by atomic mass is 9.81. The van der Waals surface area contributed by atoms with Gasteiger partial charge in [0, 0.05) is 24.1 Å². The van der Waals surface area contributed by atoms with Crippen LogP contribution >= 0.6 is 0 Å². The molecule has 25 heavy (non-hydrogen) atoms. The third kappa shape index (κ3) is 5.34. The second-order valence-corrected chi connectivity index (χ2v) is 6.15. The van der Waals surface area contributed by atoms with Crippen molar-refractivity contribution in [3.8, 4) is 0 Å². The average molecular weight is 354 g/mol. The maximum atomic E-state index is 12.5. The average Bonchev–Trinajstić information content (AvgIpc) is 2.59. The molecule has 1 aliphatic rings. The molecule has 1 saturated carbocycles. The Labute approximate surface area is 144 Å². The highest BCUT2D eigenvalue weighted by atomic mass is 19.4. The van der Waals surface area contributed by atoms with E-state index in [1.54, 1.807) is 6.08 Å². The van der Waals surface area contributed by atoms with E-state index in [0.29, 0.717) is 37.9 Å². The molecule has 2 amide bonds. The number of nitrogens with one attached hydrogen (secondary N) is 2. The fourth-order valence-corrected chi connectivity index (χ4v) is 2.92. The van der Waals surface area contributed by atoms with Crippen LogP contribution in [0.5, 0.6) is 0 Å². The summed E-state index contributed by atoms with van der Waals surface area (Å²) in [4.78, 5) is 24.1. The molecule has 0 bridgehead atoms. The van der Waals surface area contributed by atoms with E-state index in [-0.39, 0.29) is 23.7 Å². The van der Waals surface area contributed by atoms with Gasteiger partial charge in [0.05, 0.1) is 5.56 Å². The Morgan fingerprint density at radius 2 is 1.56 bits per heavy atom. The molecule has 0 radical (unpaired) electrons. The Morgan fingerprint density at radius 1 is 1.04 bits per heavy atom. The van der Waals surface area contributed by atoms with Crippen LogP contribution in [0.2, 0.25) is 0 Å². The molecule has 0 heterocycles.